The lowest BCUT2D eigenvalue weighted by Gasteiger charge is -2.11. The van der Waals surface area contributed by atoms with Crippen LogP contribution >= 0.6 is 27.5 Å². The number of benzene rings is 2. The minimum absolute atomic E-state index is 0.130. The molecule has 0 heterocycles. The third-order valence-electron chi connectivity index (χ3n) is 2.42. The first-order valence-corrected chi connectivity index (χ1v) is 7.98. The Labute approximate surface area is 131 Å². The summed E-state index contributed by atoms with van der Waals surface area (Å²) in [7, 11) is -4.29. The van der Waals surface area contributed by atoms with Crippen LogP contribution in [0.4, 0.5) is 18.9 Å². The molecule has 0 atom stereocenters. The summed E-state index contributed by atoms with van der Waals surface area (Å²) in [6.45, 7) is 0. The van der Waals surface area contributed by atoms with Crippen molar-refractivity contribution in [2.75, 3.05) is 4.72 Å². The number of halogens is 5. The molecule has 2 aromatic carbocycles. The van der Waals surface area contributed by atoms with Gasteiger partial charge in [-0.25, -0.2) is 21.6 Å². The van der Waals surface area contributed by atoms with E-state index in [4.69, 9.17) is 11.6 Å². The topological polar surface area (TPSA) is 46.2 Å². The van der Waals surface area contributed by atoms with Gasteiger partial charge in [0, 0.05) is 16.6 Å². The van der Waals surface area contributed by atoms with E-state index in [0.29, 0.717) is 16.6 Å². The SMILES string of the molecule is O=S(=O)(Nc1cc(F)cc(F)c1F)c1ccc(Br)cc1Cl. The number of rotatable bonds is 3. The van der Waals surface area contributed by atoms with E-state index in [1.54, 1.807) is 4.72 Å². The van der Waals surface area contributed by atoms with E-state index in [2.05, 4.69) is 15.9 Å². The van der Waals surface area contributed by atoms with Gasteiger partial charge in [0.1, 0.15) is 10.7 Å². The van der Waals surface area contributed by atoms with Crippen LogP contribution in [0.5, 0.6) is 0 Å². The van der Waals surface area contributed by atoms with Crippen molar-refractivity contribution in [3.05, 3.63) is 57.3 Å². The molecule has 1 N–H and O–H groups in total. The molecule has 0 spiro atoms. The molecule has 3 nitrogen and oxygen atoms in total. The fourth-order valence-electron chi connectivity index (χ4n) is 1.52. The van der Waals surface area contributed by atoms with Crippen LogP contribution in [0.1, 0.15) is 0 Å². The van der Waals surface area contributed by atoms with Crippen LogP contribution in [-0.4, -0.2) is 8.42 Å². The van der Waals surface area contributed by atoms with E-state index in [0.717, 1.165) is 0 Å². The highest BCUT2D eigenvalue weighted by atomic mass is 79.9. The van der Waals surface area contributed by atoms with Gasteiger partial charge < -0.3 is 0 Å². The maximum Gasteiger partial charge on any atom is 0.263 e. The monoisotopic (exact) mass is 399 g/mol. The summed E-state index contributed by atoms with van der Waals surface area (Å²) in [5, 5.41) is -0.130. The zero-order valence-electron chi connectivity index (χ0n) is 10.0. The summed E-state index contributed by atoms with van der Waals surface area (Å²) >= 11 is 8.89. The molecule has 0 bridgehead atoms. The lowest BCUT2D eigenvalue weighted by atomic mass is 10.3. The van der Waals surface area contributed by atoms with E-state index in [9.17, 15) is 21.6 Å². The molecule has 9 heteroatoms. The van der Waals surface area contributed by atoms with E-state index in [1.807, 2.05) is 0 Å². The van der Waals surface area contributed by atoms with Gasteiger partial charge in [-0.15, -0.1) is 0 Å². The molecule has 0 aliphatic heterocycles. The standard InChI is InChI=1S/C12H6BrClF3NO2S/c13-6-1-2-11(8(14)3-6)21(19,20)18-10-5-7(15)4-9(16)12(10)17/h1-5,18H. The minimum Gasteiger partial charge on any atom is -0.276 e. The summed E-state index contributed by atoms with van der Waals surface area (Å²) in [4.78, 5) is -0.351. The van der Waals surface area contributed by atoms with Crippen LogP contribution < -0.4 is 4.72 Å². The molecule has 0 radical (unpaired) electrons. The van der Waals surface area contributed by atoms with Crippen molar-refractivity contribution in [3.63, 3.8) is 0 Å². The fraction of sp³-hybridized carbons (Fsp3) is 0. The van der Waals surface area contributed by atoms with Crippen molar-refractivity contribution in [2.24, 2.45) is 0 Å². The molecule has 0 amide bonds. The summed E-state index contributed by atoms with van der Waals surface area (Å²) in [5.41, 5.74) is -0.841. The van der Waals surface area contributed by atoms with Crippen molar-refractivity contribution in [3.8, 4) is 0 Å². The van der Waals surface area contributed by atoms with Crippen LogP contribution in [0.3, 0.4) is 0 Å². The molecule has 21 heavy (non-hydrogen) atoms. The third-order valence-corrected chi connectivity index (χ3v) is 4.76. The molecule has 0 aliphatic carbocycles. The second kappa shape index (κ2) is 5.86. The Hall–Kier alpha value is -1.25. The molecular weight excluding hydrogens is 395 g/mol. The zero-order chi connectivity index (χ0) is 15.8. The summed E-state index contributed by atoms with van der Waals surface area (Å²) in [6.07, 6.45) is 0. The molecule has 2 aromatic rings. The zero-order valence-corrected chi connectivity index (χ0v) is 13.2. The van der Waals surface area contributed by atoms with E-state index >= 15 is 0 Å². The number of hydrogen-bond donors (Lipinski definition) is 1. The van der Waals surface area contributed by atoms with Crippen LogP contribution in [0.25, 0.3) is 0 Å². The minimum atomic E-state index is -4.29. The normalized spacial score (nSPS) is 11.5. The van der Waals surface area contributed by atoms with Gasteiger partial charge in [0.2, 0.25) is 0 Å². The number of nitrogens with one attached hydrogen (secondary N) is 1. The van der Waals surface area contributed by atoms with E-state index < -0.39 is 33.2 Å². The maximum atomic E-state index is 13.5. The van der Waals surface area contributed by atoms with Gasteiger partial charge in [0.05, 0.1) is 10.7 Å². The van der Waals surface area contributed by atoms with Crippen LogP contribution in [0.15, 0.2) is 39.7 Å². The van der Waals surface area contributed by atoms with Gasteiger partial charge in [0.25, 0.3) is 10.0 Å². The highest BCUT2D eigenvalue weighted by molar-refractivity contribution is 9.10. The van der Waals surface area contributed by atoms with Gasteiger partial charge in [-0.1, -0.05) is 27.5 Å². The van der Waals surface area contributed by atoms with Gasteiger partial charge in [-0.3, -0.25) is 4.72 Å². The molecule has 0 aliphatic rings. The van der Waals surface area contributed by atoms with Gasteiger partial charge in [-0.05, 0) is 18.2 Å². The number of anilines is 1. The van der Waals surface area contributed by atoms with Gasteiger partial charge >= 0.3 is 0 Å². The highest BCUT2D eigenvalue weighted by Gasteiger charge is 2.21. The molecule has 2 rings (SSSR count). The average molecular weight is 401 g/mol. The average Bonchev–Trinajstić information content (AvgIpc) is 2.34. The third kappa shape index (κ3) is 3.50. The smallest absolute Gasteiger partial charge is 0.263 e. The first-order chi connectivity index (χ1) is 9.70. The molecule has 0 aromatic heterocycles. The Kier molecular flexibility index (Phi) is 4.50. The summed E-state index contributed by atoms with van der Waals surface area (Å²) < 4.78 is 66.1. The summed E-state index contributed by atoms with van der Waals surface area (Å²) in [5.74, 6) is -4.13. The molecule has 0 saturated carbocycles. The largest absolute Gasteiger partial charge is 0.276 e. The van der Waals surface area contributed by atoms with Crippen molar-refractivity contribution in [2.45, 2.75) is 4.90 Å². The Morgan fingerprint density at radius 1 is 1.10 bits per heavy atom. The highest BCUT2D eigenvalue weighted by Crippen LogP contribution is 2.28. The Morgan fingerprint density at radius 3 is 2.38 bits per heavy atom. The van der Waals surface area contributed by atoms with Crippen LogP contribution in [-0.2, 0) is 10.0 Å². The fourth-order valence-corrected chi connectivity index (χ4v) is 3.61. The molecule has 0 saturated heterocycles. The first-order valence-electron chi connectivity index (χ1n) is 5.33. The van der Waals surface area contributed by atoms with Crippen LogP contribution in [0.2, 0.25) is 5.02 Å². The van der Waals surface area contributed by atoms with Crippen molar-refractivity contribution >= 4 is 43.2 Å². The first kappa shape index (κ1) is 16.1. The lowest BCUT2D eigenvalue weighted by Crippen LogP contribution is -2.15. The van der Waals surface area contributed by atoms with Crippen molar-refractivity contribution in [1.82, 2.24) is 0 Å². The lowest BCUT2D eigenvalue weighted by molar-refractivity contribution is 0.498. The Bertz CT molecular complexity index is 814. The Morgan fingerprint density at radius 2 is 1.76 bits per heavy atom. The number of sulfonamides is 1. The second-order valence-electron chi connectivity index (χ2n) is 3.93. The van der Waals surface area contributed by atoms with Gasteiger partial charge in [-0.2, -0.15) is 0 Å². The number of hydrogen-bond acceptors (Lipinski definition) is 2. The van der Waals surface area contributed by atoms with E-state index in [1.165, 1.54) is 18.2 Å². The van der Waals surface area contributed by atoms with Gasteiger partial charge in [0.15, 0.2) is 11.6 Å². The second-order valence-corrected chi connectivity index (χ2v) is 6.90. The predicted octanol–water partition coefficient (Wildman–Crippen LogP) is 4.32. The summed E-state index contributed by atoms with van der Waals surface area (Å²) in [6, 6.07) is 4.73. The molecule has 0 fully saturated rings. The predicted molar refractivity (Wildman–Crippen MR) is 76.3 cm³/mol. The van der Waals surface area contributed by atoms with E-state index in [-0.39, 0.29) is 9.92 Å². The molecular formula is C12H6BrClF3NO2S. The quantitative estimate of drug-likeness (QED) is 0.780. The Balaban J connectivity index is 2.47. The van der Waals surface area contributed by atoms with Crippen molar-refractivity contribution in [1.29, 1.82) is 0 Å². The van der Waals surface area contributed by atoms with Crippen molar-refractivity contribution < 1.29 is 21.6 Å². The molecule has 112 valence electrons. The maximum absolute atomic E-state index is 13.5. The molecule has 0 unspecified atom stereocenters. The van der Waals surface area contributed by atoms with Crippen LogP contribution in [0, 0.1) is 17.5 Å².